The van der Waals surface area contributed by atoms with Gasteiger partial charge in [-0.25, -0.2) is 9.59 Å². The number of hydrogen-bond acceptors (Lipinski definition) is 8. The van der Waals surface area contributed by atoms with E-state index >= 15 is 0 Å². The van der Waals surface area contributed by atoms with Crippen LogP contribution in [0.15, 0.2) is 48.5 Å². The van der Waals surface area contributed by atoms with Crippen LogP contribution in [0.25, 0.3) is 11.1 Å². The van der Waals surface area contributed by atoms with Crippen molar-refractivity contribution in [2.24, 2.45) is 0 Å². The molecule has 0 aromatic heterocycles. The molecule has 2 amide bonds. The maximum atomic E-state index is 11.9. The molecule has 6 N–H and O–H groups in total. The summed E-state index contributed by atoms with van der Waals surface area (Å²) >= 11 is 0. The monoisotopic (exact) mass is 784 g/mol. The van der Waals surface area contributed by atoms with Crippen molar-refractivity contribution in [1.29, 1.82) is 0 Å². The van der Waals surface area contributed by atoms with E-state index in [9.17, 15) is 28.8 Å². The van der Waals surface area contributed by atoms with Gasteiger partial charge in [-0.15, -0.1) is 0 Å². The number of ether oxygens (including phenoxy) is 2. The Morgan fingerprint density at radius 1 is 0.429 bits per heavy atom. The molecule has 2 rings (SSSR count). The summed E-state index contributed by atoms with van der Waals surface area (Å²) in [7, 11) is 0. The predicted octanol–water partition coefficient (Wildman–Crippen LogP) is 7.22. The van der Waals surface area contributed by atoms with Gasteiger partial charge in [0.25, 0.3) is 0 Å². The van der Waals surface area contributed by atoms with Crippen LogP contribution in [0, 0.1) is 0 Å². The van der Waals surface area contributed by atoms with Crippen molar-refractivity contribution in [2.75, 3.05) is 13.2 Å². The largest absolute Gasteiger partial charge is 0.494 e. The van der Waals surface area contributed by atoms with Crippen molar-refractivity contribution in [3.05, 3.63) is 48.5 Å². The molecule has 0 saturated heterocycles. The number of carboxylic acids is 4. The number of aliphatic carboxylic acids is 4. The average Bonchev–Trinajstić information content (AvgIpc) is 3.15. The number of rotatable bonds is 33. The molecule has 310 valence electrons. The van der Waals surface area contributed by atoms with Crippen LogP contribution in [0.3, 0.4) is 0 Å². The topological polar surface area (TPSA) is 226 Å². The summed E-state index contributed by atoms with van der Waals surface area (Å²) in [4.78, 5) is 67.3. The Balaban J connectivity index is 1.45. The predicted molar refractivity (Wildman–Crippen MR) is 210 cm³/mol. The van der Waals surface area contributed by atoms with Crippen molar-refractivity contribution >= 4 is 35.7 Å². The zero-order chi connectivity index (χ0) is 41.0. The molecular formula is C42H60N2O12. The number of carbonyl (C=O) groups is 6. The van der Waals surface area contributed by atoms with Crippen LogP contribution in [-0.2, 0) is 28.8 Å². The highest BCUT2D eigenvalue weighted by Gasteiger charge is 2.23. The first kappa shape index (κ1) is 47.0. The van der Waals surface area contributed by atoms with E-state index in [0.29, 0.717) is 26.1 Å². The fourth-order valence-electron chi connectivity index (χ4n) is 6.05. The van der Waals surface area contributed by atoms with Gasteiger partial charge in [0.2, 0.25) is 11.8 Å². The number of benzene rings is 2. The van der Waals surface area contributed by atoms with Crippen molar-refractivity contribution in [3.8, 4) is 22.6 Å². The van der Waals surface area contributed by atoms with Crippen molar-refractivity contribution < 1.29 is 58.7 Å². The summed E-state index contributed by atoms with van der Waals surface area (Å²) in [5.41, 5.74) is 2.19. The van der Waals surface area contributed by atoms with Crippen molar-refractivity contribution in [2.45, 2.75) is 141 Å². The van der Waals surface area contributed by atoms with E-state index in [0.717, 1.165) is 113 Å². The van der Waals surface area contributed by atoms with Gasteiger partial charge >= 0.3 is 23.9 Å². The van der Waals surface area contributed by atoms with Gasteiger partial charge in [0.05, 0.1) is 26.1 Å². The molecule has 0 heterocycles. The van der Waals surface area contributed by atoms with Crippen LogP contribution in [0.4, 0.5) is 0 Å². The van der Waals surface area contributed by atoms with Crippen LogP contribution in [0.5, 0.6) is 11.5 Å². The minimum absolute atomic E-state index is 0.189. The average molecular weight is 785 g/mol. The van der Waals surface area contributed by atoms with Gasteiger partial charge in [0.1, 0.15) is 23.6 Å². The second-order valence-corrected chi connectivity index (χ2v) is 14.0. The Hall–Kier alpha value is -5.14. The maximum Gasteiger partial charge on any atom is 0.326 e. The first-order valence-corrected chi connectivity index (χ1v) is 19.9. The molecule has 2 aromatic carbocycles. The molecule has 0 saturated carbocycles. The van der Waals surface area contributed by atoms with Crippen LogP contribution in [0.1, 0.15) is 128 Å². The Morgan fingerprint density at radius 3 is 1.00 bits per heavy atom. The van der Waals surface area contributed by atoms with E-state index in [1.807, 2.05) is 48.5 Å². The van der Waals surface area contributed by atoms with E-state index in [1.54, 1.807) is 0 Å². The van der Waals surface area contributed by atoms with E-state index in [4.69, 9.17) is 29.9 Å². The first-order chi connectivity index (χ1) is 26.9. The zero-order valence-electron chi connectivity index (χ0n) is 32.4. The minimum Gasteiger partial charge on any atom is -0.494 e. The summed E-state index contributed by atoms with van der Waals surface area (Å²) in [5, 5.41) is 40.1. The normalized spacial score (nSPS) is 11.9. The van der Waals surface area contributed by atoms with Gasteiger partial charge in [-0.1, -0.05) is 101 Å². The molecule has 2 atom stereocenters. The number of unbranched alkanes of at least 4 members (excludes halogenated alkanes) is 14. The van der Waals surface area contributed by atoms with Crippen molar-refractivity contribution in [3.63, 3.8) is 0 Å². The summed E-state index contributed by atoms with van der Waals surface area (Å²) in [6.45, 7) is 1.31. The zero-order valence-corrected chi connectivity index (χ0v) is 32.4. The number of carboxylic acid groups (broad SMARTS) is 4. The highest BCUT2D eigenvalue weighted by Crippen LogP contribution is 2.25. The molecule has 56 heavy (non-hydrogen) atoms. The van der Waals surface area contributed by atoms with E-state index in [1.165, 1.54) is 0 Å². The van der Waals surface area contributed by atoms with Gasteiger partial charge in [-0.3, -0.25) is 19.2 Å². The molecule has 14 nitrogen and oxygen atoms in total. The summed E-state index contributed by atoms with van der Waals surface area (Å²) in [6.07, 6.45) is 14.7. The van der Waals surface area contributed by atoms with E-state index in [-0.39, 0.29) is 12.8 Å². The summed E-state index contributed by atoms with van der Waals surface area (Å²) in [5.74, 6) is -4.43. The highest BCUT2D eigenvalue weighted by atomic mass is 16.5. The molecular weight excluding hydrogens is 724 g/mol. The molecule has 14 heteroatoms. The third-order valence-corrected chi connectivity index (χ3v) is 9.20. The lowest BCUT2D eigenvalue weighted by molar-refractivity contribution is -0.147. The maximum absolute atomic E-state index is 11.9. The Labute approximate surface area is 329 Å². The Morgan fingerprint density at radius 2 is 0.714 bits per heavy atom. The number of carbonyl (C=O) groups excluding carboxylic acids is 2. The molecule has 0 aliphatic carbocycles. The smallest absolute Gasteiger partial charge is 0.326 e. The van der Waals surface area contributed by atoms with E-state index in [2.05, 4.69) is 10.6 Å². The van der Waals surface area contributed by atoms with Gasteiger partial charge in [-0.05, 0) is 61.1 Å². The molecule has 0 aliphatic heterocycles. The Bertz CT molecular complexity index is 1370. The first-order valence-electron chi connectivity index (χ1n) is 19.9. The Kier molecular flexibility index (Phi) is 23.8. The molecule has 0 fully saturated rings. The number of nitrogens with one attached hydrogen (secondary N) is 2. The van der Waals surface area contributed by atoms with Gasteiger partial charge in [0.15, 0.2) is 0 Å². The van der Waals surface area contributed by atoms with Crippen molar-refractivity contribution in [1.82, 2.24) is 10.6 Å². The number of amides is 2. The second kappa shape index (κ2) is 28.3. The third kappa shape index (κ3) is 22.3. The standard InChI is InChI=1S/C42H60N2O12/c45-37(43-35(41(51)52)29-39(47)48)17-13-9-5-1-3-7-11-15-27-55-33-23-19-31(20-24-33)32-21-25-34(26-22-32)56-28-16-12-8-4-2-6-10-14-18-38(46)44-36(42(53)54)30-40(49)50/h19-26,35-36H,1-18,27-30H2,(H,43,45)(H,44,46)(H,47,48)(H,49,50)(H,51,52)(H,53,54). The van der Waals surface area contributed by atoms with Crippen LogP contribution < -0.4 is 20.1 Å². The summed E-state index contributed by atoms with van der Waals surface area (Å²) in [6, 6.07) is 13.3. The molecule has 0 spiro atoms. The minimum atomic E-state index is -1.40. The second-order valence-electron chi connectivity index (χ2n) is 14.0. The molecule has 0 bridgehead atoms. The highest BCUT2D eigenvalue weighted by molar-refractivity contribution is 5.87. The van der Waals surface area contributed by atoms with Gasteiger partial charge < -0.3 is 40.5 Å². The molecule has 2 aromatic rings. The van der Waals surface area contributed by atoms with Crippen LogP contribution in [0.2, 0.25) is 0 Å². The molecule has 2 unspecified atom stereocenters. The quantitative estimate of drug-likeness (QED) is 0.0395. The lowest BCUT2D eigenvalue weighted by Gasteiger charge is -2.12. The van der Waals surface area contributed by atoms with Gasteiger partial charge in [0, 0.05) is 12.8 Å². The SMILES string of the molecule is O=C(O)CC(NC(=O)CCCCCCCCCCOc1ccc(-c2ccc(OCCCCCCCCCCC(=O)NC(CC(=O)O)C(=O)O)cc2)cc1)C(=O)O. The lowest BCUT2D eigenvalue weighted by Crippen LogP contribution is -2.42. The molecule has 0 aliphatic rings. The molecule has 0 radical (unpaired) electrons. The third-order valence-electron chi connectivity index (χ3n) is 9.20. The van der Waals surface area contributed by atoms with E-state index < -0.39 is 60.6 Å². The fraction of sp³-hybridized carbons (Fsp3) is 0.571. The van der Waals surface area contributed by atoms with Gasteiger partial charge in [-0.2, -0.15) is 0 Å². The lowest BCUT2D eigenvalue weighted by atomic mass is 10.1. The fourth-order valence-corrected chi connectivity index (χ4v) is 6.05. The van der Waals surface area contributed by atoms with Crippen LogP contribution >= 0.6 is 0 Å². The van der Waals surface area contributed by atoms with Crippen LogP contribution in [-0.4, -0.2) is 81.4 Å². The summed E-state index contributed by atoms with van der Waals surface area (Å²) < 4.78 is 11.9. The number of hydrogen-bond donors (Lipinski definition) is 6.